The number of carbonyl (C=O) groups is 1. The van der Waals surface area contributed by atoms with Crippen molar-refractivity contribution in [2.24, 2.45) is 5.92 Å². The molecule has 0 bridgehead atoms. The van der Waals surface area contributed by atoms with Gasteiger partial charge in [-0.05, 0) is 44.2 Å². The molecule has 1 unspecified atom stereocenters. The van der Waals surface area contributed by atoms with Crippen molar-refractivity contribution in [3.8, 4) is 11.5 Å². The van der Waals surface area contributed by atoms with Crippen LogP contribution in [0.5, 0.6) is 11.5 Å². The highest BCUT2D eigenvalue weighted by atomic mass is 19.1. The first-order valence-electron chi connectivity index (χ1n) is 9.16. The SMILES string of the molecule is Cc1cc(Oc2cccc(C3CCCN(C(=O)C4CC4)C3)c2F)cnn1. The number of carbonyl (C=O) groups excluding carboxylic acids is 1. The first kappa shape index (κ1) is 16.9. The van der Waals surface area contributed by atoms with E-state index in [-0.39, 0.29) is 29.3 Å². The lowest BCUT2D eigenvalue weighted by molar-refractivity contribution is -0.133. The van der Waals surface area contributed by atoms with Gasteiger partial charge in [0.1, 0.15) is 5.75 Å². The van der Waals surface area contributed by atoms with Crippen molar-refractivity contribution in [2.75, 3.05) is 13.1 Å². The Hall–Kier alpha value is -2.50. The monoisotopic (exact) mass is 355 g/mol. The largest absolute Gasteiger partial charge is 0.453 e. The number of ether oxygens (including phenoxy) is 1. The summed E-state index contributed by atoms with van der Waals surface area (Å²) in [6.07, 6.45) is 5.25. The highest BCUT2D eigenvalue weighted by Crippen LogP contribution is 2.37. The summed E-state index contributed by atoms with van der Waals surface area (Å²) in [5.41, 5.74) is 1.33. The van der Waals surface area contributed by atoms with Crippen molar-refractivity contribution in [3.05, 3.63) is 47.5 Å². The van der Waals surface area contributed by atoms with E-state index in [0.717, 1.165) is 32.2 Å². The van der Waals surface area contributed by atoms with E-state index in [1.165, 1.54) is 6.20 Å². The van der Waals surface area contributed by atoms with Crippen LogP contribution in [-0.4, -0.2) is 34.1 Å². The Morgan fingerprint density at radius 1 is 1.31 bits per heavy atom. The lowest BCUT2D eigenvalue weighted by Gasteiger charge is -2.33. The van der Waals surface area contributed by atoms with Gasteiger partial charge in [-0.2, -0.15) is 10.2 Å². The number of halogens is 1. The quantitative estimate of drug-likeness (QED) is 0.836. The topological polar surface area (TPSA) is 55.3 Å². The molecule has 6 heteroatoms. The van der Waals surface area contributed by atoms with Gasteiger partial charge in [-0.3, -0.25) is 4.79 Å². The van der Waals surface area contributed by atoms with Gasteiger partial charge in [0.15, 0.2) is 11.6 Å². The number of rotatable bonds is 4. The summed E-state index contributed by atoms with van der Waals surface area (Å²) in [5.74, 6) is 0.736. The standard InChI is InChI=1S/C20H22FN3O2/c1-13-10-16(11-22-23-13)26-18-6-2-5-17(19(18)21)15-4-3-9-24(12-15)20(25)14-7-8-14/h2,5-6,10-11,14-15H,3-4,7-9,12H2,1H3. The number of benzene rings is 1. The molecule has 136 valence electrons. The maximum Gasteiger partial charge on any atom is 0.225 e. The number of aromatic nitrogens is 2. The lowest BCUT2D eigenvalue weighted by atomic mass is 9.90. The van der Waals surface area contributed by atoms with Gasteiger partial charge in [-0.25, -0.2) is 4.39 Å². The molecule has 0 radical (unpaired) electrons. The van der Waals surface area contributed by atoms with Gasteiger partial charge in [0, 0.05) is 31.0 Å². The van der Waals surface area contributed by atoms with Crippen LogP contribution < -0.4 is 4.74 Å². The fourth-order valence-electron chi connectivity index (χ4n) is 3.57. The number of aryl methyl sites for hydroxylation is 1. The summed E-state index contributed by atoms with van der Waals surface area (Å²) in [4.78, 5) is 14.3. The Morgan fingerprint density at radius 2 is 2.15 bits per heavy atom. The second-order valence-corrected chi connectivity index (χ2v) is 7.19. The third-order valence-corrected chi connectivity index (χ3v) is 5.07. The minimum Gasteiger partial charge on any atom is -0.453 e. The summed E-state index contributed by atoms with van der Waals surface area (Å²) in [6.45, 7) is 3.18. The molecule has 1 aliphatic carbocycles. The Kier molecular flexibility index (Phi) is 4.57. The third kappa shape index (κ3) is 3.54. The van der Waals surface area contributed by atoms with Crippen LogP contribution >= 0.6 is 0 Å². The number of hydrogen-bond acceptors (Lipinski definition) is 4. The molecule has 1 saturated heterocycles. The number of amides is 1. The zero-order chi connectivity index (χ0) is 18.1. The van der Waals surface area contributed by atoms with Crippen molar-refractivity contribution in [3.63, 3.8) is 0 Å². The average molecular weight is 355 g/mol. The average Bonchev–Trinajstić information content (AvgIpc) is 3.48. The molecule has 0 spiro atoms. The summed E-state index contributed by atoms with van der Waals surface area (Å²) in [6, 6.07) is 6.94. The maximum atomic E-state index is 15.1. The lowest BCUT2D eigenvalue weighted by Crippen LogP contribution is -2.40. The molecular formula is C20H22FN3O2. The van der Waals surface area contributed by atoms with Gasteiger partial charge < -0.3 is 9.64 Å². The van der Waals surface area contributed by atoms with Gasteiger partial charge in [0.25, 0.3) is 0 Å². The van der Waals surface area contributed by atoms with E-state index >= 15 is 4.39 Å². The zero-order valence-corrected chi connectivity index (χ0v) is 14.8. The minimum absolute atomic E-state index is 0.00676. The van der Waals surface area contributed by atoms with Gasteiger partial charge in [0.05, 0.1) is 11.9 Å². The second kappa shape index (κ2) is 7.02. The molecule has 1 amide bonds. The summed E-state index contributed by atoms with van der Waals surface area (Å²) < 4.78 is 20.8. The van der Waals surface area contributed by atoms with Crippen LogP contribution in [0.3, 0.4) is 0 Å². The van der Waals surface area contributed by atoms with E-state index in [9.17, 15) is 4.79 Å². The molecule has 1 aliphatic heterocycles. The smallest absolute Gasteiger partial charge is 0.225 e. The normalized spacial score (nSPS) is 20.1. The highest BCUT2D eigenvalue weighted by Gasteiger charge is 2.36. The molecule has 2 aliphatic rings. The fraction of sp³-hybridized carbons (Fsp3) is 0.450. The molecule has 5 nitrogen and oxygen atoms in total. The van der Waals surface area contributed by atoms with E-state index in [4.69, 9.17) is 4.74 Å². The predicted octanol–water partition coefficient (Wildman–Crippen LogP) is 3.83. The Bertz CT molecular complexity index is 822. The number of nitrogens with zero attached hydrogens (tertiary/aromatic N) is 3. The minimum atomic E-state index is -0.354. The fourth-order valence-corrected chi connectivity index (χ4v) is 3.57. The van der Waals surface area contributed by atoms with Crippen LogP contribution in [0.4, 0.5) is 4.39 Å². The van der Waals surface area contributed by atoms with E-state index in [0.29, 0.717) is 23.6 Å². The van der Waals surface area contributed by atoms with E-state index in [1.54, 1.807) is 31.2 Å². The van der Waals surface area contributed by atoms with E-state index in [1.807, 2.05) is 4.90 Å². The van der Waals surface area contributed by atoms with Crippen LogP contribution in [0.15, 0.2) is 30.5 Å². The molecule has 26 heavy (non-hydrogen) atoms. The van der Waals surface area contributed by atoms with E-state index < -0.39 is 0 Å². The van der Waals surface area contributed by atoms with Crippen LogP contribution in [-0.2, 0) is 4.79 Å². The van der Waals surface area contributed by atoms with E-state index in [2.05, 4.69) is 10.2 Å². The van der Waals surface area contributed by atoms with Crippen molar-refractivity contribution in [2.45, 2.75) is 38.5 Å². The molecule has 0 N–H and O–H groups in total. The number of likely N-dealkylation sites (tertiary alicyclic amines) is 1. The maximum absolute atomic E-state index is 15.1. The van der Waals surface area contributed by atoms with Crippen LogP contribution in [0.25, 0.3) is 0 Å². The van der Waals surface area contributed by atoms with Crippen LogP contribution in [0.2, 0.25) is 0 Å². The Labute approximate surface area is 152 Å². The molecular weight excluding hydrogens is 333 g/mol. The van der Waals surface area contributed by atoms with Gasteiger partial charge in [0.2, 0.25) is 5.91 Å². The first-order valence-corrected chi connectivity index (χ1v) is 9.16. The second-order valence-electron chi connectivity index (χ2n) is 7.19. The van der Waals surface area contributed by atoms with Crippen molar-refractivity contribution < 1.29 is 13.9 Å². The van der Waals surface area contributed by atoms with Gasteiger partial charge in [-0.15, -0.1) is 0 Å². The predicted molar refractivity (Wildman–Crippen MR) is 94.5 cm³/mol. The summed E-state index contributed by atoms with van der Waals surface area (Å²) in [5, 5.41) is 7.71. The zero-order valence-electron chi connectivity index (χ0n) is 14.8. The molecule has 1 aromatic heterocycles. The molecule has 1 atom stereocenters. The highest BCUT2D eigenvalue weighted by molar-refractivity contribution is 5.81. The Balaban J connectivity index is 1.54. The van der Waals surface area contributed by atoms with Gasteiger partial charge >= 0.3 is 0 Å². The van der Waals surface area contributed by atoms with Gasteiger partial charge in [-0.1, -0.05) is 12.1 Å². The molecule has 1 aromatic carbocycles. The first-order chi connectivity index (χ1) is 12.6. The molecule has 1 saturated carbocycles. The van der Waals surface area contributed by atoms with Crippen LogP contribution in [0, 0.1) is 18.7 Å². The number of piperidine rings is 1. The third-order valence-electron chi connectivity index (χ3n) is 5.07. The van der Waals surface area contributed by atoms with Crippen molar-refractivity contribution in [1.82, 2.24) is 15.1 Å². The Morgan fingerprint density at radius 3 is 2.92 bits per heavy atom. The number of hydrogen-bond donors (Lipinski definition) is 0. The summed E-state index contributed by atoms with van der Waals surface area (Å²) >= 11 is 0. The molecule has 2 aromatic rings. The molecule has 2 fully saturated rings. The van der Waals surface area contributed by atoms with Crippen molar-refractivity contribution in [1.29, 1.82) is 0 Å². The summed E-state index contributed by atoms with van der Waals surface area (Å²) in [7, 11) is 0. The van der Waals surface area contributed by atoms with Crippen LogP contribution in [0.1, 0.15) is 42.9 Å². The molecule has 4 rings (SSSR count). The van der Waals surface area contributed by atoms with Crippen molar-refractivity contribution >= 4 is 5.91 Å². The molecule has 2 heterocycles.